The van der Waals surface area contributed by atoms with E-state index in [0.717, 1.165) is 38.2 Å². The van der Waals surface area contributed by atoms with Gasteiger partial charge in [-0.1, -0.05) is 40.2 Å². The Morgan fingerprint density at radius 2 is 2.05 bits per heavy atom. The van der Waals surface area contributed by atoms with Gasteiger partial charge in [0.05, 0.1) is 0 Å². The summed E-state index contributed by atoms with van der Waals surface area (Å²) < 4.78 is 13.4. The van der Waals surface area contributed by atoms with Gasteiger partial charge in [-0.05, 0) is 42.5 Å². The molecule has 3 heteroatoms. The minimum Gasteiger partial charge on any atom is -0.374 e. The van der Waals surface area contributed by atoms with E-state index in [1.807, 2.05) is 13.1 Å². The summed E-state index contributed by atoms with van der Waals surface area (Å²) in [6, 6.07) is 6.84. The molecule has 0 aliphatic carbocycles. The highest BCUT2D eigenvalue weighted by atomic mass is 19.1. The van der Waals surface area contributed by atoms with Gasteiger partial charge in [-0.2, -0.15) is 0 Å². The van der Waals surface area contributed by atoms with Crippen LogP contribution in [-0.4, -0.2) is 26.7 Å². The van der Waals surface area contributed by atoms with E-state index in [1.54, 1.807) is 12.1 Å². The van der Waals surface area contributed by atoms with Crippen molar-refractivity contribution in [2.45, 2.75) is 40.5 Å². The molecule has 2 nitrogen and oxygen atoms in total. The van der Waals surface area contributed by atoms with Gasteiger partial charge in [0.25, 0.3) is 0 Å². The van der Waals surface area contributed by atoms with Crippen molar-refractivity contribution in [2.24, 2.45) is 11.3 Å². The van der Waals surface area contributed by atoms with Gasteiger partial charge in [0, 0.05) is 25.8 Å². The van der Waals surface area contributed by atoms with Gasteiger partial charge < -0.3 is 10.2 Å². The van der Waals surface area contributed by atoms with Gasteiger partial charge in [-0.25, -0.2) is 4.39 Å². The van der Waals surface area contributed by atoms with E-state index in [2.05, 4.69) is 37.9 Å². The van der Waals surface area contributed by atoms with Crippen LogP contribution in [0.3, 0.4) is 0 Å². The number of nitrogens with one attached hydrogen (secondary N) is 1. The summed E-state index contributed by atoms with van der Waals surface area (Å²) in [6.45, 7) is 12.0. The first-order chi connectivity index (χ1) is 9.86. The summed E-state index contributed by atoms with van der Waals surface area (Å²) in [5.74, 6) is 0.492. The molecule has 1 N–H and O–H groups in total. The third-order valence-corrected chi connectivity index (χ3v) is 3.83. The second kappa shape index (κ2) is 8.38. The van der Waals surface area contributed by atoms with Gasteiger partial charge in [-0.3, -0.25) is 0 Å². The molecule has 21 heavy (non-hydrogen) atoms. The van der Waals surface area contributed by atoms with Crippen LogP contribution in [0.25, 0.3) is 0 Å². The Morgan fingerprint density at radius 3 is 2.62 bits per heavy atom. The van der Waals surface area contributed by atoms with Crippen LogP contribution in [-0.2, 0) is 0 Å². The Hall–Kier alpha value is -1.09. The first kappa shape index (κ1) is 18.0. The molecule has 1 rings (SSSR count). The fraction of sp³-hybridized carbons (Fsp3) is 0.667. The highest BCUT2D eigenvalue weighted by molar-refractivity contribution is 5.45. The molecular formula is C18H31FN2. The van der Waals surface area contributed by atoms with E-state index < -0.39 is 0 Å². The number of hydrogen-bond acceptors (Lipinski definition) is 2. The van der Waals surface area contributed by atoms with Crippen molar-refractivity contribution in [1.82, 2.24) is 5.32 Å². The highest BCUT2D eigenvalue weighted by Crippen LogP contribution is 2.26. The SMILES string of the molecule is CCCC(C)(CNCC(C)C)CN(C)c1cccc(F)c1. The smallest absolute Gasteiger partial charge is 0.125 e. The van der Waals surface area contributed by atoms with E-state index in [1.165, 1.54) is 6.07 Å². The van der Waals surface area contributed by atoms with Crippen molar-refractivity contribution in [3.05, 3.63) is 30.1 Å². The van der Waals surface area contributed by atoms with Crippen molar-refractivity contribution >= 4 is 5.69 Å². The average molecular weight is 294 g/mol. The van der Waals surface area contributed by atoms with Crippen molar-refractivity contribution < 1.29 is 4.39 Å². The summed E-state index contributed by atoms with van der Waals surface area (Å²) in [5, 5.41) is 3.58. The Bertz CT molecular complexity index is 419. The second-order valence-electron chi connectivity index (χ2n) is 6.92. The molecular weight excluding hydrogens is 263 g/mol. The lowest BCUT2D eigenvalue weighted by molar-refractivity contribution is 0.279. The molecule has 0 aliphatic heterocycles. The van der Waals surface area contributed by atoms with Crippen LogP contribution < -0.4 is 10.2 Å². The van der Waals surface area contributed by atoms with Gasteiger partial charge >= 0.3 is 0 Å². The largest absolute Gasteiger partial charge is 0.374 e. The van der Waals surface area contributed by atoms with E-state index >= 15 is 0 Å². The van der Waals surface area contributed by atoms with Crippen molar-refractivity contribution in [1.29, 1.82) is 0 Å². The molecule has 0 aromatic heterocycles. The van der Waals surface area contributed by atoms with E-state index in [-0.39, 0.29) is 11.2 Å². The van der Waals surface area contributed by atoms with E-state index in [0.29, 0.717) is 5.92 Å². The van der Waals surface area contributed by atoms with Gasteiger partial charge in [0.1, 0.15) is 5.82 Å². The lowest BCUT2D eigenvalue weighted by Crippen LogP contribution is -2.42. The summed E-state index contributed by atoms with van der Waals surface area (Å²) in [4.78, 5) is 2.16. The maximum atomic E-state index is 13.4. The highest BCUT2D eigenvalue weighted by Gasteiger charge is 2.25. The fourth-order valence-corrected chi connectivity index (χ4v) is 2.87. The normalized spacial score (nSPS) is 14.2. The number of anilines is 1. The van der Waals surface area contributed by atoms with Gasteiger partial charge in [0.15, 0.2) is 0 Å². The van der Waals surface area contributed by atoms with Crippen LogP contribution in [0.4, 0.5) is 10.1 Å². The van der Waals surface area contributed by atoms with E-state index in [4.69, 9.17) is 0 Å². The summed E-state index contributed by atoms with van der Waals surface area (Å²) in [6.07, 6.45) is 2.33. The molecule has 0 saturated heterocycles. The Morgan fingerprint density at radius 1 is 1.33 bits per heavy atom. The van der Waals surface area contributed by atoms with Crippen LogP contribution in [0.2, 0.25) is 0 Å². The summed E-state index contributed by atoms with van der Waals surface area (Å²) >= 11 is 0. The summed E-state index contributed by atoms with van der Waals surface area (Å²) in [5.41, 5.74) is 1.14. The monoisotopic (exact) mass is 294 g/mol. The predicted octanol–water partition coefficient (Wildman–Crippen LogP) is 4.31. The molecule has 0 spiro atoms. The first-order valence-electron chi connectivity index (χ1n) is 8.04. The Kier molecular flexibility index (Phi) is 7.16. The molecule has 1 aromatic carbocycles. The zero-order valence-electron chi connectivity index (χ0n) is 14.2. The number of nitrogens with zero attached hydrogens (tertiary/aromatic N) is 1. The Labute approximate surface area is 129 Å². The minimum absolute atomic E-state index is 0.172. The molecule has 0 aliphatic rings. The van der Waals surface area contributed by atoms with Crippen molar-refractivity contribution in [2.75, 3.05) is 31.6 Å². The summed E-state index contributed by atoms with van der Waals surface area (Å²) in [7, 11) is 2.05. The number of hydrogen-bond donors (Lipinski definition) is 1. The van der Waals surface area contributed by atoms with Crippen LogP contribution in [0.5, 0.6) is 0 Å². The zero-order chi connectivity index (χ0) is 15.9. The molecule has 0 radical (unpaired) electrons. The standard InChI is InChI=1S/C18H31FN2/c1-6-10-18(4,13-20-12-15(2)3)14-21(5)17-9-7-8-16(19)11-17/h7-9,11,15,20H,6,10,12-14H2,1-5H3. The topological polar surface area (TPSA) is 15.3 Å². The lowest BCUT2D eigenvalue weighted by Gasteiger charge is -2.35. The molecule has 0 saturated carbocycles. The van der Waals surface area contributed by atoms with Crippen LogP contribution in [0.1, 0.15) is 40.5 Å². The molecule has 0 amide bonds. The second-order valence-corrected chi connectivity index (χ2v) is 6.92. The van der Waals surface area contributed by atoms with Crippen LogP contribution in [0.15, 0.2) is 24.3 Å². The molecule has 1 atom stereocenters. The molecule has 1 unspecified atom stereocenters. The number of rotatable bonds is 9. The van der Waals surface area contributed by atoms with E-state index in [9.17, 15) is 4.39 Å². The Balaban J connectivity index is 2.67. The third-order valence-electron chi connectivity index (χ3n) is 3.83. The molecule has 0 bridgehead atoms. The van der Waals surface area contributed by atoms with Crippen LogP contribution in [0, 0.1) is 17.2 Å². The molecule has 0 fully saturated rings. The average Bonchev–Trinajstić information content (AvgIpc) is 2.38. The third kappa shape index (κ3) is 6.47. The van der Waals surface area contributed by atoms with Crippen molar-refractivity contribution in [3.8, 4) is 0 Å². The van der Waals surface area contributed by atoms with Crippen molar-refractivity contribution in [3.63, 3.8) is 0 Å². The maximum Gasteiger partial charge on any atom is 0.125 e. The molecule has 120 valence electrons. The predicted molar refractivity (Wildman–Crippen MR) is 90.4 cm³/mol. The molecule has 0 heterocycles. The number of halogens is 1. The molecule has 1 aromatic rings. The van der Waals surface area contributed by atoms with Gasteiger partial charge in [-0.15, -0.1) is 0 Å². The zero-order valence-corrected chi connectivity index (χ0v) is 14.2. The maximum absolute atomic E-state index is 13.4. The minimum atomic E-state index is -0.172. The van der Waals surface area contributed by atoms with Crippen LogP contribution >= 0.6 is 0 Å². The lowest BCUT2D eigenvalue weighted by atomic mass is 9.84. The quantitative estimate of drug-likeness (QED) is 0.730. The first-order valence-corrected chi connectivity index (χ1v) is 8.04. The fourth-order valence-electron chi connectivity index (χ4n) is 2.87. The van der Waals surface area contributed by atoms with Gasteiger partial charge in [0.2, 0.25) is 0 Å². The number of benzene rings is 1.